The number of nitro benzene ring substituents is 1. The lowest BCUT2D eigenvalue weighted by molar-refractivity contribution is -0.385. The molecule has 0 aliphatic carbocycles. The molecule has 10 heteroatoms. The number of carbonyl (C=O) groups excluding carboxylic acids is 2. The predicted octanol–water partition coefficient (Wildman–Crippen LogP) is 2.28. The third-order valence-electron chi connectivity index (χ3n) is 5.47. The van der Waals surface area contributed by atoms with Crippen LogP contribution in [0.4, 0.5) is 17.1 Å². The molecule has 3 rings (SSSR count). The van der Waals surface area contributed by atoms with Crippen LogP contribution in [0.15, 0.2) is 36.4 Å². The zero-order chi connectivity index (χ0) is 24.0. The van der Waals surface area contributed by atoms with Crippen LogP contribution in [0.3, 0.4) is 0 Å². The van der Waals surface area contributed by atoms with E-state index in [-0.39, 0.29) is 17.2 Å². The van der Waals surface area contributed by atoms with E-state index in [1.807, 2.05) is 19.0 Å². The number of rotatable bonds is 8. The van der Waals surface area contributed by atoms with E-state index in [0.717, 1.165) is 19.6 Å². The first-order chi connectivity index (χ1) is 15.8. The van der Waals surface area contributed by atoms with E-state index >= 15 is 0 Å². The zero-order valence-electron chi connectivity index (χ0n) is 19.1. The van der Waals surface area contributed by atoms with Crippen LogP contribution in [0.2, 0.25) is 0 Å². The van der Waals surface area contributed by atoms with Gasteiger partial charge in [0.25, 0.3) is 17.5 Å². The number of nitro groups is 1. The van der Waals surface area contributed by atoms with Crippen molar-refractivity contribution in [3.8, 4) is 0 Å². The summed E-state index contributed by atoms with van der Waals surface area (Å²) in [5.41, 5.74) is 2.08. The lowest BCUT2D eigenvalue weighted by Gasteiger charge is -2.26. The molecule has 0 unspecified atom stereocenters. The predicted molar refractivity (Wildman–Crippen MR) is 126 cm³/mol. The zero-order valence-corrected chi connectivity index (χ0v) is 19.1. The van der Waals surface area contributed by atoms with Crippen LogP contribution in [-0.4, -0.2) is 75.1 Å². The summed E-state index contributed by atoms with van der Waals surface area (Å²) in [6.45, 7) is 5.93. The van der Waals surface area contributed by atoms with Crippen molar-refractivity contribution in [2.24, 2.45) is 0 Å². The Labute approximate surface area is 192 Å². The first-order valence-corrected chi connectivity index (χ1v) is 10.7. The number of carbonyl (C=O) groups is 2. The van der Waals surface area contributed by atoms with Crippen LogP contribution in [0.25, 0.3) is 0 Å². The van der Waals surface area contributed by atoms with Gasteiger partial charge >= 0.3 is 0 Å². The van der Waals surface area contributed by atoms with Crippen molar-refractivity contribution >= 4 is 28.9 Å². The van der Waals surface area contributed by atoms with E-state index in [4.69, 9.17) is 4.74 Å². The third-order valence-corrected chi connectivity index (χ3v) is 5.47. The first-order valence-electron chi connectivity index (χ1n) is 10.7. The highest BCUT2D eigenvalue weighted by Crippen LogP contribution is 2.24. The molecule has 1 aliphatic rings. The Kier molecular flexibility index (Phi) is 7.96. The van der Waals surface area contributed by atoms with Gasteiger partial charge in [-0.2, -0.15) is 0 Å². The maximum atomic E-state index is 12.9. The van der Waals surface area contributed by atoms with Gasteiger partial charge in [0.05, 0.1) is 23.7 Å². The molecule has 176 valence electrons. The van der Waals surface area contributed by atoms with Gasteiger partial charge in [-0.3, -0.25) is 24.6 Å². The van der Waals surface area contributed by atoms with Crippen LogP contribution in [-0.2, 0) is 4.74 Å². The van der Waals surface area contributed by atoms with Gasteiger partial charge in [0.1, 0.15) is 0 Å². The number of ether oxygens (including phenoxy) is 1. The Bertz CT molecular complexity index is 1030. The van der Waals surface area contributed by atoms with Crippen molar-refractivity contribution in [3.63, 3.8) is 0 Å². The number of nitrogens with one attached hydrogen (secondary N) is 2. The molecule has 0 radical (unpaired) electrons. The van der Waals surface area contributed by atoms with Gasteiger partial charge in [-0.25, -0.2) is 0 Å². The van der Waals surface area contributed by atoms with Gasteiger partial charge in [0.15, 0.2) is 0 Å². The van der Waals surface area contributed by atoms with Crippen LogP contribution in [0, 0.1) is 17.0 Å². The highest BCUT2D eigenvalue weighted by molar-refractivity contribution is 6.06. The lowest BCUT2D eigenvalue weighted by atomic mass is 10.1. The van der Waals surface area contributed by atoms with Crippen molar-refractivity contribution in [2.45, 2.75) is 6.92 Å². The van der Waals surface area contributed by atoms with Gasteiger partial charge in [0, 0.05) is 68.8 Å². The fraction of sp³-hybridized carbons (Fsp3) is 0.391. The van der Waals surface area contributed by atoms with Crippen molar-refractivity contribution in [1.82, 2.24) is 10.2 Å². The molecule has 0 bridgehead atoms. The van der Waals surface area contributed by atoms with Crippen molar-refractivity contribution in [1.29, 1.82) is 0 Å². The van der Waals surface area contributed by atoms with Gasteiger partial charge in [-0.05, 0) is 31.2 Å². The minimum Gasteiger partial charge on any atom is -0.379 e. The van der Waals surface area contributed by atoms with Crippen molar-refractivity contribution in [3.05, 3.63) is 63.2 Å². The summed E-state index contributed by atoms with van der Waals surface area (Å²) in [6, 6.07) is 9.38. The minimum atomic E-state index is -0.517. The molecular formula is C23H29N5O5. The first kappa shape index (κ1) is 24.1. The second-order valence-corrected chi connectivity index (χ2v) is 8.05. The van der Waals surface area contributed by atoms with E-state index in [0.29, 0.717) is 42.3 Å². The number of benzene rings is 2. The molecule has 2 aromatic rings. The van der Waals surface area contributed by atoms with Crippen molar-refractivity contribution in [2.75, 3.05) is 63.7 Å². The Morgan fingerprint density at radius 2 is 1.85 bits per heavy atom. The van der Waals surface area contributed by atoms with E-state index in [9.17, 15) is 19.7 Å². The molecule has 1 heterocycles. The Morgan fingerprint density at radius 3 is 2.52 bits per heavy atom. The standard InChI is InChI=1S/C23H29N5O5/c1-16-4-5-17(14-21(16)28(31)32)22(29)25-18-6-7-20(26(2)3)19(15-18)23(30)24-8-9-27-10-12-33-13-11-27/h4-7,14-15H,8-13H2,1-3H3,(H,24,30)(H,25,29). The quantitative estimate of drug-likeness (QED) is 0.463. The Hall–Kier alpha value is -3.50. The summed E-state index contributed by atoms with van der Waals surface area (Å²) in [5.74, 6) is -0.733. The van der Waals surface area contributed by atoms with Gasteiger partial charge in [-0.15, -0.1) is 0 Å². The molecule has 2 amide bonds. The summed E-state index contributed by atoms with van der Waals surface area (Å²) in [7, 11) is 3.67. The van der Waals surface area contributed by atoms with Crippen LogP contribution < -0.4 is 15.5 Å². The molecule has 0 spiro atoms. The molecule has 1 aliphatic heterocycles. The van der Waals surface area contributed by atoms with Gasteiger partial charge < -0.3 is 20.3 Å². The van der Waals surface area contributed by atoms with Gasteiger partial charge in [0.2, 0.25) is 0 Å². The number of hydrogen-bond acceptors (Lipinski definition) is 7. The van der Waals surface area contributed by atoms with Gasteiger partial charge in [-0.1, -0.05) is 6.07 Å². The molecule has 0 aromatic heterocycles. The molecule has 0 atom stereocenters. The second-order valence-electron chi connectivity index (χ2n) is 8.05. The largest absolute Gasteiger partial charge is 0.379 e. The Balaban J connectivity index is 1.72. The molecule has 2 N–H and O–H groups in total. The van der Waals surface area contributed by atoms with E-state index in [1.165, 1.54) is 18.2 Å². The molecule has 1 fully saturated rings. The SMILES string of the molecule is Cc1ccc(C(=O)Nc2ccc(N(C)C)c(C(=O)NCCN3CCOCC3)c2)cc1[N+](=O)[O-]. The Morgan fingerprint density at radius 1 is 1.12 bits per heavy atom. The fourth-order valence-corrected chi connectivity index (χ4v) is 3.58. The molecule has 10 nitrogen and oxygen atoms in total. The van der Waals surface area contributed by atoms with Crippen LogP contribution >= 0.6 is 0 Å². The number of nitrogens with zero attached hydrogens (tertiary/aromatic N) is 3. The van der Waals surface area contributed by atoms with Crippen LogP contribution in [0.5, 0.6) is 0 Å². The second kappa shape index (κ2) is 10.9. The highest BCUT2D eigenvalue weighted by Gasteiger charge is 2.18. The molecule has 0 saturated carbocycles. The van der Waals surface area contributed by atoms with E-state index in [2.05, 4.69) is 15.5 Å². The smallest absolute Gasteiger partial charge is 0.273 e. The number of morpholine rings is 1. The fourth-order valence-electron chi connectivity index (χ4n) is 3.58. The third kappa shape index (κ3) is 6.27. The summed E-state index contributed by atoms with van der Waals surface area (Å²) >= 11 is 0. The van der Waals surface area contributed by atoms with Crippen molar-refractivity contribution < 1.29 is 19.2 Å². The summed E-state index contributed by atoms with van der Waals surface area (Å²) in [5, 5.41) is 16.9. The minimum absolute atomic E-state index is 0.119. The maximum Gasteiger partial charge on any atom is 0.273 e. The normalized spacial score (nSPS) is 13.9. The topological polar surface area (TPSA) is 117 Å². The van der Waals surface area contributed by atoms with E-state index in [1.54, 1.807) is 25.1 Å². The summed E-state index contributed by atoms with van der Waals surface area (Å²) in [4.78, 5) is 40.3. The lowest BCUT2D eigenvalue weighted by Crippen LogP contribution is -2.41. The molecular weight excluding hydrogens is 426 g/mol. The average molecular weight is 456 g/mol. The van der Waals surface area contributed by atoms with E-state index < -0.39 is 10.8 Å². The monoisotopic (exact) mass is 455 g/mol. The summed E-state index contributed by atoms with van der Waals surface area (Å²) in [6.07, 6.45) is 0. The van der Waals surface area contributed by atoms with Crippen LogP contribution in [0.1, 0.15) is 26.3 Å². The average Bonchev–Trinajstić information content (AvgIpc) is 2.79. The number of hydrogen-bond donors (Lipinski definition) is 2. The number of aryl methyl sites for hydroxylation is 1. The molecule has 1 saturated heterocycles. The molecule has 2 aromatic carbocycles. The summed E-state index contributed by atoms with van der Waals surface area (Å²) < 4.78 is 5.34. The highest BCUT2D eigenvalue weighted by atomic mass is 16.6. The number of amides is 2. The molecule has 33 heavy (non-hydrogen) atoms. The maximum absolute atomic E-state index is 12.9. The number of anilines is 2.